The van der Waals surface area contributed by atoms with Crippen molar-refractivity contribution in [2.75, 3.05) is 38.7 Å². The molecule has 1 aromatic heterocycles. The molecule has 9 nitrogen and oxygen atoms in total. The Morgan fingerprint density at radius 1 is 1.33 bits per heavy atom. The number of hydrogen-bond donors (Lipinski definition) is 1. The second-order valence-electron chi connectivity index (χ2n) is 7.56. The van der Waals surface area contributed by atoms with Gasteiger partial charge in [-0.2, -0.15) is 0 Å². The summed E-state index contributed by atoms with van der Waals surface area (Å²) in [4.78, 5) is 26.3. The third kappa shape index (κ3) is 4.56. The Labute approximate surface area is 174 Å². The SMILES string of the molecule is COc1ccc([C@@H]2CC(=O)N(CC(=O)Nc3cc(C)on3)C2)cc1O[C@@H]1CCOC1. The van der Waals surface area contributed by atoms with E-state index in [4.69, 9.17) is 18.7 Å². The second-order valence-corrected chi connectivity index (χ2v) is 7.56. The number of carbonyl (C=O) groups excluding carboxylic acids is 2. The van der Waals surface area contributed by atoms with E-state index >= 15 is 0 Å². The molecule has 0 unspecified atom stereocenters. The second kappa shape index (κ2) is 8.74. The van der Waals surface area contributed by atoms with Crippen LogP contribution in [-0.2, 0) is 14.3 Å². The molecule has 1 N–H and O–H groups in total. The zero-order valence-corrected chi connectivity index (χ0v) is 17.1. The van der Waals surface area contributed by atoms with Gasteiger partial charge in [0, 0.05) is 31.4 Å². The van der Waals surface area contributed by atoms with Gasteiger partial charge in [0.15, 0.2) is 17.3 Å². The van der Waals surface area contributed by atoms with E-state index in [0.717, 1.165) is 12.0 Å². The number of aryl methyl sites for hydroxylation is 1. The predicted octanol–water partition coefficient (Wildman–Crippen LogP) is 2.11. The molecular formula is C21H25N3O6. The summed E-state index contributed by atoms with van der Waals surface area (Å²) in [5.74, 6) is 1.85. The van der Waals surface area contributed by atoms with Gasteiger partial charge in [-0.1, -0.05) is 11.2 Å². The van der Waals surface area contributed by atoms with Crippen molar-refractivity contribution in [3.8, 4) is 11.5 Å². The Hall–Kier alpha value is -3.07. The Morgan fingerprint density at radius 2 is 2.20 bits per heavy atom. The first-order chi connectivity index (χ1) is 14.5. The Bertz CT molecular complexity index is 921. The van der Waals surface area contributed by atoms with E-state index in [1.807, 2.05) is 18.2 Å². The minimum atomic E-state index is -0.308. The van der Waals surface area contributed by atoms with Crippen LogP contribution in [-0.4, -0.2) is 61.4 Å². The first-order valence-electron chi connectivity index (χ1n) is 9.95. The van der Waals surface area contributed by atoms with Crippen molar-refractivity contribution in [1.29, 1.82) is 0 Å². The van der Waals surface area contributed by atoms with Gasteiger partial charge in [0.1, 0.15) is 11.9 Å². The predicted molar refractivity (Wildman–Crippen MR) is 107 cm³/mol. The summed E-state index contributed by atoms with van der Waals surface area (Å²) in [5.41, 5.74) is 0.980. The summed E-state index contributed by atoms with van der Waals surface area (Å²) in [6.07, 6.45) is 1.18. The van der Waals surface area contributed by atoms with Gasteiger partial charge >= 0.3 is 0 Å². The Balaban J connectivity index is 1.40. The molecule has 2 amide bonds. The zero-order valence-electron chi connectivity index (χ0n) is 17.1. The van der Waals surface area contributed by atoms with Gasteiger partial charge in [-0.3, -0.25) is 9.59 Å². The average Bonchev–Trinajstić information content (AvgIpc) is 3.45. The van der Waals surface area contributed by atoms with E-state index in [1.165, 1.54) is 0 Å². The molecule has 0 aliphatic carbocycles. The van der Waals surface area contributed by atoms with Crippen molar-refractivity contribution in [1.82, 2.24) is 10.1 Å². The molecule has 2 atom stereocenters. The van der Waals surface area contributed by atoms with Gasteiger partial charge in [0.25, 0.3) is 0 Å². The van der Waals surface area contributed by atoms with Crippen molar-refractivity contribution < 1.29 is 28.3 Å². The maximum atomic E-state index is 12.5. The molecule has 4 rings (SSSR count). The molecule has 2 aliphatic rings. The van der Waals surface area contributed by atoms with Gasteiger partial charge in [-0.15, -0.1) is 0 Å². The monoisotopic (exact) mass is 415 g/mol. The lowest BCUT2D eigenvalue weighted by Crippen LogP contribution is -2.34. The van der Waals surface area contributed by atoms with Crippen LogP contribution < -0.4 is 14.8 Å². The highest BCUT2D eigenvalue weighted by atomic mass is 16.6. The summed E-state index contributed by atoms with van der Waals surface area (Å²) in [7, 11) is 1.60. The molecule has 2 aromatic rings. The maximum absolute atomic E-state index is 12.5. The molecular weight excluding hydrogens is 390 g/mol. The van der Waals surface area contributed by atoms with Crippen LogP contribution in [0, 0.1) is 6.92 Å². The number of benzene rings is 1. The molecule has 9 heteroatoms. The summed E-state index contributed by atoms with van der Waals surface area (Å²) in [6, 6.07) is 7.35. The molecule has 2 aliphatic heterocycles. The van der Waals surface area contributed by atoms with Crippen LogP contribution >= 0.6 is 0 Å². The molecule has 2 saturated heterocycles. The largest absolute Gasteiger partial charge is 0.493 e. The van der Waals surface area contributed by atoms with Crippen LogP contribution in [0.1, 0.15) is 30.1 Å². The number of hydrogen-bond acceptors (Lipinski definition) is 7. The minimum Gasteiger partial charge on any atom is -0.493 e. The van der Waals surface area contributed by atoms with E-state index in [1.54, 1.807) is 25.0 Å². The van der Waals surface area contributed by atoms with E-state index in [0.29, 0.717) is 49.3 Å². The number of ether oxygens (including phenoxy) is 3. The number of anilines is 1. The molecule has 0 bridgehead atoms. The van der Waals surface area contributed by atoms with E-state index in [9.17, 15) is 9.59 Å². The molecule has 0 saturated carbocycles. The smallest absolute Gasteiger partial charge is 0.245 e. The Kier molecular flexibility index (Phi) is 5.89. The Morgan fingerprint density at radius 3 is 2.90 bits per heavy atom. The van der Waals surface area contributed by atoms with Crippen molar-refractivity contribution in [3.05, 3.63) is 35.6 Å². The lowest BCUT2D eigenvalue weighted by molar-refractivity contribution is -0.131. The maximum Gasteiger partial charge on any atom is 0.245 e. The molecule has 3 heterocycles. The molecule has 2 fully saturated rings. The van der Waals surface area contributed by atoms with E-state index < -0.39 is 0 Å². The lowest BCUT2D eigenvalue weighted by atomic mass is 9.98. The van der Waals surface area contributed by atoms with Crippen LogP contribution in [0.25, 0.3) is 0 Å². The quantitative estimate of drug-likeness (QED) is 0.739. The number of methoxy groups -OCH3 is 1. The number of carbonyl (C=O) groups is 2. The van der Waals surface area contributed by atoms with Crippen molar-refractivity contribution in [2.24, 2.45) is 0 Å². The summed E-state index contributed by atoms with van der Waals surface area (Å²) in [6.45, 7) is 3.42. The number of nitrogens with one attached hydrogen (secondary N) is 1. The topological polar surface area (TPSA) is 103 Å². The fraction of sp³-hybridized carbons (Fsp3) is 0.476. The normalized spacial score (nSPS) is 21.1. The summed E-state index contributed by atoms with van der Waals surface area (Å²) >= 11 is 0. The van der Waals surface area contributed by atoms with Gasteiger partial charge in [-0.25, -0.2) is 0 Å². The van der Waals surface area contributed by atoms with Gasteiger partial charge in [-0.05, 0) is 24.6 Å². The molecule has 160 valence electrons. The third-order valence-electron chi connectivity index (χ3n) is 5.29. The van der Waals surface area contributed by atoms with Crippen molar-refractivity contribution in [3.63, 3.8) is 0 Å². The fourth-order valence-electron chi connectivity index (χ4n) is 3.75. The first-order valence-corrected chi connectivity index (χ1v) is 9.95. The van der Waals surface area contributed by atoms with Crippen LogP contribution in [0.2, 0.25) is 0 Å². The third-order valence-corrected chi connectivity index (χ3v) is 5.29. The van der Waals surface area contributed by atoms with E-state index in [2.05, 4.69) is 10.5 Å². The summed E-state index contributed by atoms with van der Waals surface area (Å²) in [5, 5.41) is 6.38. The van der Waals surface area contributed by atoms with Crippen LogP contribution in [0.15, 0.2) is 28.8 Å². The standard InChI is InChI=1S/C21H25N3O6/c1-13-7-19(23-30-13)22-20(25)11-24-10-15(9-21(24)26)14-3-4-17(27-2)18(8-14)29-16-5-6-28-12-16/h3-4,7-8,15-16H,5-6,9-12H2,1-2H3,(H,22,23,25)/t15-,16-/m1/s1. The van der Waals surface area contributed by atoms with Crippen molar-refractivity contribution in [2.45, 2.75) is 31.8 Å². The van der Waals surface area contributed by atoms with Crippen LogP contribution in [0.5, 0.6) is 11.5 Å². The molecule has 0 spiro atoms. The van der Waals surface area contributed by atoms with Gasteiger partial charge < -0.3 is 29.0 Å². The molecule has 1 aromatic carbocycles. The average molecular weight is 415 g/mol. The fourth-order valence-corrected chi connectivity index (χ4v) is 3.75. The molecule has 30 heavy (non-hydrogen) atoms. The van der Waals surface area contributed by atoms with Crippen molar-refractivity contribution >= 4 is 17.6 Å². The minimum absolute atomic E-state index is 0.000258. The highest BCUT2D eigenvalue weighted by Gasteiger charge is 2.32. The lowest BCUT2D eigenvalue weighted by Gasteiger charge is -2.18. The molecule has 0 radical (unpaired) electrons. The highest BCUT2D eigenvalue weighted by molar-refractivity contribution is 5.94. The number of aromatic nitrogens is 1. The zero-order chi connectivity index (χ0) is 21.1. The van der Waals surface area contributed by atoms with Crippen LogP contribution in [0.3, 0.4) is 0 Å². The highest BCUT2D eigenvalue weighted by Crippen LogP contribution is 2.36. The van der Waals surface area contributed by atoms with E-state index in [-0.39, 0.29) is 30.4 Å². The van der Waals surface area contributed by atoms with Crippen LogP contribution in [0.4, 0.5) is 5.82 Å². The van der Waals surface area contributed by atoms with Gasteiger partial charge in [0.05, 0.1) is 26.9 Å². The number of nitrogens with zero attached hydrogens (tertiary/aromatic N) is 2. The number of likely N-dealkylation sites (tertiary alicyclic amines) is 1. The van der Waals surface area contributed by atoms with Gasteiger partial charge in [0.2, 0.25) is 11.8 Å². The summed E-state index contributed by atoms with van der Waals surface area (Å²) < 4.78 is 21.8. The number of rotatable bonds is 7. The number of amides is 2. The first kappa shape index (κ1) is 20.2.